The van der Waals surface area contributed by atoms with E-state index < -0.39 is 11.9 Å². The molecule has 0 aromatic rings. The van der Waals surface area contributed by atoms with E-state index in [-0.39, 0.29) is 68.9 Å². The van der Waals surface area contributed by atoms with E-state index in [9.17, 15) is 19.8 Å². The van der Waals surface area contributed by atoms with Gasteiger partial charge in [0.25, 0.3) is 0 Å². The first-order valence-electron chi connectivity index (χ1n) is 7.86. The van der Waals surface area contributed by atoms with E-state index >= 15 is 0 Å². The molecule has 0 aliphatic carbocycles. The molecule has 0 aliphatic heterocycles. The molecule has 4 nitrogen and oxygen atoms in total. The van der Waals surface area contributed by atoms with Gasteiger partial charge in [-0.15, -0.1) is 0 Å². The zero-order chi connectivity index (χ0) is 16.0. The number of carboxylic acid groups (broad SMARTS) is 2. The molecule has 7 heteroatoms. The fourth-order valence-electron chi connectivity index (χ4n) is 1.88. The predicted molar refractivity (Wildman–Crippen MR) is 78.9 cm³/mol. The summed E-state index contributed by atoms with van der Waals surface area (Å²) in [5.74, 6) is -2.23. The van der Waals surface area contributed by atoms with Gasteiger partial charge in [-0.2, -0.15) is 0 Å². The first-order valence-corrected chi connectivity index (χ1v) is 7.86. The van der Waals surface area contributed by atoms with Crippen LogP contribution in [0.25, 0.3) is 0 Å². The predicted octanol–water partition coefficient (Wildman–Crippen LogP) is -3.86. The first-order chi connectivity index (χ1) is 9.44. The Morgan fingerprint density at radius 2 is 1.04 bits per heavy atom. The Hall–Kier alpha value is 0.628. The molecule has 132 valence electrons. The molecule has 0 radical (unpaired) electrons. The van der Waals surface area contributed by atoms with Crippen molar-refractivity contribution < 1.29 is 76.9 Å². The van der Waals surface area contributed by atoms with E-state index in [1.54, 1.807) is 0 Å². The smallest absolute Gasteiger partial charge is 1.00 e. The Kier molecular flexibility index (Phi) is 37.7. The molecular formula is C16H32Li2NiO4. The summed E-state index contributed by atoms with van der Waals surface area (Å²) in [6.07, 6.45) is 7.04. The number of hydrogen-bond acceptors (Lipinski definition) is 4. The largest absolute Gasteiger partial charge is 2.00 e. The van der Waals surface area contributed by atoms with Crippen molar-refractivity contribution in [2.75, 3.05) is 0 Å². The van der Waals surface area contributed by atoms with Gasteiger partial charge in [-0.25, -0.2) is 0 Å². The van der Waals surface area contributed by atoms with Crippen LogP contribution in [-0.4, -0.2) is 11.9 Å². The van der Waals surface area contributed by atoms with Gasteiger partial charge in [0, 0.05) is 11.9 Å². The van der Waals surface area contributed by atoms with Gasteiger partial charge >= 0.3 is 54.2 Å². The van der Waals surface area contributed by atoms with Crippen LogP contribution < -0.4 is 47.9 Å². The maximum atomic E-state index is 10.3. The summed E-state index contributed by atoms with van der Waals surface area (Å²) >= 11 is 0. The number of unbranched alkanes of at least 4 members (excludes halogenated alkanes) is 2. The zero-order valence-electron chi connectivity index (χ0n) is 17.8. The standard InChI is InChI=1S/2C8H16O2.2Li.Ni.2H/c2*1-3-5-6-7(4-2)8(9)10;;;;;/h2*7H,3-6H2,1-2H3,(H,9,10);;;;;/q;;2*+1;+2;2*-1/p-2. The molecule has 0 saturated heterocycles. The summed E-state index contributed by atoms with van der Waals surface area (Å²) in [6, 6.07) is 0. The fraction of sp³-hybridized carbons (Fsp3) is 0.875. The Labute approximate surface area is 179 Å². The number of carboxylic acids is 2. The van der Waals surface area contributed by atoms with Crippen LogP contribution in [-0.2, 0) is 26.1 Å². The molecule has 0 rings (SSSR count). The molecule has 0 fully saturated rings. The van der Waals surface area contributed by atoms with E-state index in [0.29, 0.717) is 12.8 Å². The van der Waals surface area contributed by atoms with Crippen molar-refractivity contribution in [3.63, 3.8) is 0 Å². The number of carbonyl (C=O) groups excluding carboxylic acids is 2. The van der Waals surface area contributed by atoms with E-state index in [1.165, 1.54) is 0 Å². The second-order valence-corrected chi connectivity index (χ2v) is 5.13. The molecule has 0 N–H and O–H groups in total. The summed E-state index contributed by atoms with van der Waals surface area (Å²) in [7, 11) is 0. The summed E-state index contributed by atoms with van der Waals surface area (Å²) in [5.41, 5.74) is 0. The zero-order valence-corrected chi connectivity index (χ0v) is 16.7. The SMILES string of the molecule is CCCCC(CC)C(=O)[O-].CCCCC(CC)C(=O)[O-].[H-].[H-].[Li+].[Li+].[Ni+2]. The Bertz CT molecular complexity index is 251. The number of aliphatic carboxylic acids is 2. The van der Waals surface area contributed by atoms with Crippen LogP contribution >= 0.6 is 0 Å². The van der Waals surface area contributed by atoms with Crippen molar-refractivity contribution >= 4 is 11.9 Å². The molecule has 0 amide bonds. The van der Waals surface area contributed by atoms with Crippen LogP contribution in [0.2, 0.25) is 0 Å². The molecule has 0 bridgehead atoms. The van der Waals surface area contributed by atoms with Gasteiger partial charge in [0.1, 0.15) is 0 Å². The molecule has 0 aromatic carbocycles. The van der Waals surface area contributed by atoms with Crippen molar-refractivity contribution in [3.8, 4) is 0 Å². The molecule has 0 saturated carbocycles. The van der Waals surface area contributed by atoms with Gasteiger partial charge in [-0.3, -0.25) is 0 Å². The van der Waals surface area contributed by atoms with E-state index in [4.69, 9.17) is 0 Å². The summed E-state index contributed by atoms with van der Waals surface area (Å²) in [4.78, 5) is 20.7. The van der Waals surface area contributed by atoms with E-state index in [2.05, 4.69) is 13.8 Å². The van der Waals surface area contributed by atoms with Crippen LogP contribution in [0.4, 0.5) is 0 Å². The third-order valence-electron chi connectivity index (χ3n) is 3.46. The fourth-order valence-corrected chi connectivity index (χ4v) is 1.88. The Morgan fingerprint density at radius 3 is 1.17 bits per heavy atom. The van der Waals surface area contributed by atoms with E-state index in [0.717, 1.165) is 38.5 Å². The molecule has 2 unspecified atom stereocenters. The topological polar surface area (TPSA) is 80.3 Å². The van der Waals surface area contributed by atoms with Crippen LogP contribution in [0, 0.1) is 11.8 Å². The minimum atomic E-state index is -0.893. The van der Waals surface area contributed by atoms with Gasteiger partial charge in [-0.05, 0) is 37.5 Å². The van der Waals surface area contributed by atoms with Crippen LogP contribution in [0.3, 0.4) is 0 Å². The summed E-state index contributed by atoms with van der Waals surface area (Å²) < 4.78 is 0. The Morgan fingerprint density at radius 1 is 0.783 bits per heavy atom. The van der Waals surface area contributed by atoms with Crippen LogP contribution in [0.15, 0.2) is 0 Å². The molecule has 0 aliphatic rings. The monoisotopic (exact) mass is 360 g/mol. The molecule has 0 aromatic heterocycles. The summed E-state index contributed by atoms with van der Waals surface area (Å²) in [6.45, 7) is 7.89. The van der Waals surface area contributed by atoms with Crippen LogP contribution in [0.1, 0.15) is 81.9 Å². The number of hydrogen-bond donors (Lipinski definition) is 0. The third-order valence-corrected chi connectivity index (χ3v) is 3.46. The second-order valence-electron chi connectivity index (χ2n) is 5.13. The molecule has 0 heterocycles. The first kappa shape index (κ1) is 34.9. The maximum Gasteiger partial charge on any atom is 2.00 e. The minimum Gasteiger partial charge on any atom is -1.00 e. The van der Waals surface area contributed by atoms with Gasteiger partial charge in [-0.1, -0.05) is 53.4 Å². The van der Waals surface area contributed by atoms with Crippen molar-refractivity contribution in [2.24, 2.45) is 11.8 Å². The van der Waals surface area contributed by atoms with Gasteiger partial charge < -0.3 is 22.7 Å². The third kappa shape index (κ3) is 22.6. The quantitative estimate of drug-likeness (QED) is 0.373. The molecule has 2 atom stereocenters. The number of carbonyl (C=O) groups is 2. The minimum absolute atomic E-state index is 0. The average molecular weight is 361 g/mol. The molecular weight excluding hydrogens is 329 g/mol. The van der Waals surface area contributed by atoms with Crippen molar-refractivity contribution in [1.29, 1.82) is 0 Å². The van der Waals surface area contributed by atoms with Gasteiger partial charge in [0.2, 0.25) is 0 Å². The van der Waals surface area contributed by atoms with Gasteiger partial charge in [0.15, 0.2) is 0 Å². The summed E-state index contributed by atoms with van der Waals surface area (Å²) in [5, 5.41) is 20.7. The molecule has 0 spiro atoms. The maximum absolute atomic E-state index is 10.3. The Balaban J connectivity index is -0.0000000432. The van der Waals surface area contributed by atoms with Crippen molar-refractivity contribution in [3.05, 3.63) is 0 Å². The van der Waals surface area contributed by atoms with Crippen molar-refractivity contribution in [1.82, 2.24) is 0 Å². The molecule has 23 heavy (non-hydrogen) atoms. The van der Waals surface area contributed by atoms with Gasteiger partial charge in [0.05, 0.1) is 0 Å². The van der Waals surface area contributed by atoms with E-state index in [1.807, 2.05) is 13.8 Å². The number of rotatable bonds is 10. The second kappa shape index (κ2) is 24.9. The normalized spacial score (nSPS) is 11.3. The van der Waals surface area contributed by atoms with Crippen molar-refractivity contribution in [2.45, 2.75) is 79.1 Å². The average Bonchev–Trinajstić information content (AvgIpc) is 2.40. The van der Waals surface area contributed by atoms with Crippen LogP contribution in [0.5, 0.6) is 0 Å².